The van der Waals surface area contributed by atoms with Gasteiger partial charge in [-0.05, 0) is 23.6 Å². The summed E-state index contributed by atoms with van der Waals surface area (Å²) in [6.07, 6.45) is 1.67. The maximum atomic E-state index is 5.77. The van der Waals surface area contributed by atoms with Crippen molar-refractivity contribution in [3.8, 4) is 0 Å². The highest BCUT2D eigenvalue weighted by Crippen LogP contribution is 2.20. The van der Waals surface area contributed by atoms with Crippen molar-refractivity contribution in [1.82, 2.24) is 4.98 Å². The molecule has 15 heavy (non-hydrogen) atoms. The third-order valence-electron chi connectivity index (χ3n) is 1.96. The number of aromatic nitrogens is 1. The Kier molecular flexibility index (Phi) is 3.08. The topological polar surface area (TPSA) is 50.9 Å². The number of rotatable bonds is 3. The first kappa shape index (κ1) is 10.3. The minimum atomic E-state index is 0.485. The van der Waals surface area contributed by atoms with Crippen molar-refractivity contribution in [2.45, 2.75) is 6.54 Å². The van der Waals surface area contributed by atoms with Gasteiger partial charge in [0.15, 0.2) is 0 Å². The van der Waals surface area contributed by atoms with E-state index in [9.17, 15) is 0 Å². The van der Waals surface area contributed by atoms with Gasteiger partial charge in [0, 0.05) is 22.4 Å². The summed E-state index contributed by atoms with van der Waals surface area (Å²) in [5.41, 5.74) is 7.54. The van der Waals surface area contributed by atoms with Gasteiger partial charge in [-0.1, -0.05) is 11.6 Å². The number of hydrogen-bond acceptors (Lipinski definition) is 4. The monoisotopic (exact) mass is 239 g/mol. The highest BCUT2D eigenvalue weighted by molar-refractivity contribution is 7.10. The number of nitrogens with zero attached hydrogens (tertiary/aromatic N) is 1. The van der Waals surface area contributed by atoms with E-state index in [1.807, 2.05) is 17.5 Å². The smallest absolute Gasteiger partial charge is 0.131 e. The summed E-state index contributed by atoms with van der Waals surface area (Å²) in [6.45, 7) is 0.712. The Hall–Kier alpha value is -1.26. The highest BCUT2D eigenvalue weighted by atomic mass is 35.5. The molecular formula is C10H10ClN3S. The van der Waals surface area contributed by atoms with E-state index in [4.69, 9.17) is 17.3 Å². The predicted molar refractivity (Wildman–Crippen MR) is 65.3 cm³/mol. The second kappa shape index (κ2) is 4.51. The molecule has 78 valence electrons. The Bertz CT molecular complexity index is 455. The molecule has 0 unspecified atom stereocenters. The van der Waals surface area contributed by atoms with Gasteiger partial charge in [-0.25, -0.2) is 4.98 Å². The summed E-state index contributed by atoms with van der Waals surface area (Å²) >= 11 is 7.40. The van der Waals surface area contributed by atoms with Gasteiger partial charge in [-0.15, -0.1) is 11.3 Å². The third kappa shape index (κ3) is 2.61. The molecule has 0 aliphatic rings. The maximum absolute atomic E-state index is 5.77. The molecule has 0 radical (unpaired) electrons. The zero-order valence-corrected chi connectivity index (χ0v) is 9.48. The molecule has 3 nitrogen and oxygen atoms in total. The Morgan fingerprint density at radius 3 is 3.00 bits per heavy atom. The Morgan fingerprint density at radius 2 is 2.33 bits per heavy atom. The van der Waals surface area contributed by atoms with E-state index in [-0.39, 0.29) is 0 Å². The lowest BCUT2D eigenvalue weighted by atomic mass is 10.3. The summed E-state index contributed by atoms with van der Waals surface area (Å²) < 4.78 is 0. The third-order valence-corrected chi connectivity index (χ3v) is 3.10. The summed E-state index contributed by atoms with van der Waals surface area (Å²) in [5, 5.41) is 5.70. The molecule has 3 N–H and O–H groups in total. The number of nitrogen functional groups attached to an aromatic ring is 1. The summed E-state index contributed by atoms with van der Waals surface area (Å²) in [7, 11) is 0. The van der Waals surface area contributed by atoms with Gasteiger partial charge < -0.3 is 11.1 Å². The number of pyridine rings is 1. The minimum absolute atomic E-state index is 0.485. The quantitative estimate of drug-likeness (QED) is 0.810. The van der Waals surface area contributed by atoms with Gasteiger partial charge in [0.05, 0.1) is 6.54 Å². The fourth-order valence-electron chi connectivity index (χ4n) is 1.19. The van der Waals surface area contributed by atoms with E-state index in [2.05, 4.69) is 10.3 Å². The van der Waals surface area contributed by atoms with Crippen LogP contribution in [0.5, 0.6) is 0 Å². The average molecular weight is 240 g/mol. The van der Waals surface area contributed by atoms with E-state index in [0.717, 1.165) is 16.3 Å². The van der Waals surface area contributed by atoms with Crippen LogP contribution in [0.2, 0.25) is 5.15 Å². The van der Waals surface area contributed by atoms with Crippen LogP contribution in [0.25, 0.3) is 0 Å². The molecule has 0 amide bonds. The lowest BCUT2D eigenvalue weighted by molar-refractivity contribution is 1.18. The van der Waals surface area contributed by atoms with Crippen molar-refractivity contribution in [3.05, 3.63) is 39.8 Å². The van der Waals surface area contributed by atoms with E-state index in [1.54, 1.807) is 23.6 Å². The van der Waals surface area contributed by atoms with Crippen LogP contribution in [0.3, 0.4) is 0 Å². The second-order valence-corrected chi connectivity index (χ2v) is 4.41. The number of halogens is 1. The van der Waals surface area contributed by atoms with Crippen molar-refractivity contribution < 1.29 is 0 Å². The first-order chi connectivity index (χ1) is 7.25. The summed E-state index contributed by atoms with van der Waals surface area (Å²) in [6, 6.07) is 5.56. The molecule has 0 aliphatic heterocycles. The van der Waals surface area contributed by atoms with Gasteiger partial charge in [0.2, 0.25) is 0 Å². The molecular weight excluding hydrogens is 230 g/mol. The second-order valence-electron chi connectivity index (χ2n) is 3.02. The number of nitrogens with one attached hydrogen (secondary N) is 1. The molecule has 0 atom stereocenters. The number of hydrogen-bond donors (Lipinski definition) is 2. The molecule has 0 spiro atoms. The van der Waals surface area contributed by atoms with Gasteiger partial charge in [-0.2, -0.15) is 0 Å². The van der Waals surface area contributed by atoms with E-state index in [0.29, 0.717) is 11.7 Å². The molecule has 0 fully saturated rings. The molecule has 0 saturated carbocycles. The van der Waals surface area contributed by atoms with Gasteiger partial charge in [0.25, 0.3) is 0 Å². The van der Waals surface area contributed by atoms with Crippen LogP contribution in [0, 0.1) is 0 Å². The van der Waals surface area contributed by atoms with Crippen LogP contribution in [-0.2, 0) is 6.54 Å². The molecule has 0 aromatic carbocycles. The lowest BCUT2D eigenvalue weighted by Gasteiger charge is -2.05. The van der Waals surface area contributed by atoms with Gasteiger partial charge in [0.1, 0.15) is 5.15 Å². The highest BCUT2D eigenvalue weighted by Gasteiger charge is 2.00. The molecule has 0 aliphatic carbocycles. The van der Waals surface area contributed by atoms with Crippen molar-refractivity contribution in [2.75, 3.05) is 11.1 Å². The van der Waals surface area contributed by atoms with Gasteiger partial charge >= 0.3 is 0 Å². The van der Waals surface area contributed by atoms with Crippen LogP contribution in [0.15, 0.2) is 29.8 Å². The van der Waals surface area contributed by atoms with Crippen LogP contribution in [0.1, 0.15) is 4.88 Å². The van der Waals surface area contributed by atoms with Crippen molar-refractivity contribution in [1.29, 1.82) is 0 Å². The summed E-state index contributed by atoms with van der Waals surface area (Å²) in [5.74, 6) is 0. The van der Waals surface area contributed by atoms with Crippen molar-refractivity contribution in [2.24, 2.45) is 0 Å². The SMILES string of the molecule is Nc1ccsc1CNc1ccnc(Cl)c1. The zero-order chi connectivity index (χ0) is 10.7. The van der Waals surface area contributed by atoms with E-state index >= 15 is 0 Å². The number of thiophene rings is 1. The average Bonchev–Trinajstić information content (AvgIpc) is 2.61. The predicted octanol–water partition coefficient (Wildman–Crippen LogP) is 2.99. The molecule has 2 heterocycles. The van der Waals surface area contributed by atoms with Crippen LogP contribution in [-0.4, -0.2) is 4.98 Å². The maximum Gasteiger partial charge on any atom is 0.131 e. The van der Waals surface area contributed by atoms with Crippen LogP contribution < -0.4 is 11.1 Å². The first-order valence-electron chi connectivity index (χ1n) is 4.43. The fraction of sp³-hybridized carbons (Fsp3) is 0.100. The minimum Gasteiger partial charge on any atom is -0.398 e. The molecule has 0 bridgehead atoms. The number of anilines is 2. The normalized spacial score (nSPS) is 10.2. The lowest BCUT2D eigenvalue weighted by Crippen LogP contribution is -1.99. The fourth-order valence-corrected chi connectivity index (χ4v) is 2.10. The Balaban J connectivity index is 2.02. The summed E-state index contributed by atoms with van der Waals surface area (Å²) in [4.78, 5) is 5.03. The molecule has 2 rings (SSSR count). The first-order valence-corrected chi connectivity index (χ1v) is 5.69. The Morgan fingerprint density at radius 1 is 1.47 bits per heavy atom. The van der Waals surface area contributed by atoms with Crippen LogP contribution in [0.4, 0.5) is 11.4 Å². The van der Waals surface area contributed by atoms with E-state index < -0.39 is 0 Å². The number of nitrogens with two attached hydrogens (primary N) is 1. The van der Waals surface area contributed by atoms with E-state index in [1.165, 1.54) is 0 Å². The van der Waals surface area contributed by atoms with Crippen molar-refractivity contribution >= 4 is 34.3 Å². The largest absolute Gasteiger partial charge is 0.398 e. The zero-order valence-electron chi connectivity index (χ0n) is 7.90. The molecule has 2 aromatic rings. The molecule has 0 saturated heterocycles. The Labute approximate surface area is 96.9 Å². The molecule has 2 aromatic heterocycles. The molecule has 5 heteroatoms. The standard InChI is InChI=1S/C10H10ClN3S/c11-10-5-7(1-3-13-10)14-6-9-8(12)2-4-15-9/h1-5H,6,12H2,(H,13,14). The van der Waals surface area contributed by atoms with Crippen molar-refractivity contribution in [3.63, 3.8) is 0 Å². The van der Waals surface area contributed by atoms with Gasteiger partial charge in [-0.3, -0.25) is 0 Å². The van der Waals surface area contributed by atoms with Crippen LogP contribution >= 0.6 is 22.9 Å².